The number of ether oxygens (including phenoxy) is 2. The van der Waals surface area contributed by atoms with Gasteiger partial charge in [0, 0.05) is 74.3 Å². The summed E-state index contributed by atoms with van der Waals surface area (Å²) in [6.07, 6.45) is 4.24. The number of rotatable bonds is 5. The third kappa shape index (κ3) is 8.23. The molecule has 55 heavy (non-hydrogen) atoms. The summed E-state index contributed by atoms with van der Waals surface area (Å²) in [5, 5.41) is 13.6. The molecular formula is C43H57N7O5. The number of amides is 1. The lowest BCUT2D eigenvalue weighted by atomic mass is 9.84. The number of aromatic hydroxyl groups is 1. The Labute approximate surface area is 324 Å². The summed E-state index contributed by atoms with van der Waals surface area (Å²) in [6, 6.07) is 13.1. The zero-order chi connectivity index (χ0) is 39.0. The van der Waals surface area contributed by atoms with Gasteiger partial charge in [0.2, 0.25) is 0 Å². The van der Waals surface area contributed by atoms with Crippen molar-refractivity contribution in [3.8, 4) is 28.1 Å². The van der Waals surface area contributed by atoms with E-state index in [9.17, 15) is 14.7 Å². The van der Waals surface area contributed by atoms with Gasteiger partial charge in [-0.1, -0.05) is 26.0 Å². The first-order valence-corrected chi connectivity index (χ1v) is 19.8. The Kier molecular flexibility index (Phi) is 11.2. The number of aromatic nitrogens is 2. The first kappa shape index (κ1) is 38.8. The fourth-order valence-corrected chi connectivity index (χ4v) is 8.48. The highest BCUT2D eigenvalue weighted by Gasteiger charge is 2.32. The number of piperazine rings is 1. The molecule has 12 heteroatoms. The lowest BCUT2D eigenvalue weighted by molar-refractivity contribution is -0.149. The highest BCUT2D eigenvalue weighted by atomic mass is 16.5. The Morgan fingerprint density at radius 1 is 1.05 bits per heavy atom. The van der Waals surface area contributed by atoms with Gasteiger partial charge in [-0.05, 0) is 99.2 Å². The fraction of sp³-hybridized carbons (Fsp3) is 0.512. The molecule has 6 bridgehead atoms. The minimum absolute atomic E-state index is 0.114. The number of hydrazine groups is 1. The molecule has 0 radical (unpaired) electrons. The molecule has 0 aliphatic carbocycles. The van der Waals surface area contributed by atoms with Crippen LogP contribution >= 0.6 is 0 Å². The highest BCUT2D eigenvalue weighted by molar-refractivity contribution is 5.96. The van der Waals surface area contributed by atoms with Crippen molar-refractivity contribution in [1.29, 1.82) is 0 Å². The maximum absolute atomic E-state index is 13.5. The van der Waals surface area contributed by atoms with Gasteiger partial charge in [-0.25, -0.2) is 5.43 Å². The number of fused-ring (bicyclic) bond motifs is 6. The van der Waals surface area contributed by atoms with Crippen molar-refractivity contribution >= 4 is 28.5 Å². The third-order valence-electron chi connectivity index (χ3n) is 11.6. The number of anilines is 1. The third-order valence-corrected chi connectivity index (χ3v) is 11.6. The number of esters is 1. The first-order valence-electron chi connectivity index (χ1n) is 19.8. The molecule has 2 fully saturated rings. The van der Waals surface area contributed by atoms with Crippen LogP contribution in [0.1, 0.15) is 69.9 Å². The van der Waals surface area contributed by atoms with Gasteiger partial charge in [-0.15, -0.1) is 0 Å². The van der Waals surface area contributed by atoms with Crippen LogP contribution in [-0.2, 0) is 38.4 Å². The molecule has 1 amide bonds. The van der Waals surface area contributed by atoms with Crippen molar-refractivity contribution in [1.82, 2.24) is 24.9 Å². The van der Waals surface area contributed by atoms with E-state index in [0.717, 1.165) is 94.8 Å². The molecule has 5 heterocycles. The number of hydrogen-bond donors (Lipinski definition) is 3. The van der Waals surface area contributed by atoms with E-state index < -0.39 is 11.5 Å². The summed E-state index contributed by atoms with van der Waals surface area (Å²) < 4.78 is 14.3. The van der Waals surface area contributed by atoms with Crippen LogP contribution in [0.25, 0.3) is 33.3 Å². The van der Waals surface area contributed by atoms with Crippen LogP contribution in [0.2, 0.25) is 0 Å². The van der Waals surface area contributed by atoms with Crippen LogP contribution in [0.4, 0.5) is 5.69 Å². The van der Waals surface area contributed by atoms with Crippen molar-refractivity contribution in [2.75, 3.05) is 58.4 Å². The summed E-state index contributed by atoms with van der Waals surface area (Å²) in [5.74, 6) is -0.426. The second-order valence-corrected chi connectivity index (χ2v) is 16.5. The van der Waals surface area contributed by atoms with E-state index in [4.69, 9.17) is 20.2 Å². The number of phenolic OH excluding ortho intramolecular Hbond substituents is 1. The van der Waals surface area contributed by atoms with Crippen molar-refractivity contribution in [3.63, 3.8) is 0 Å². The summed E-state index contributed by atoms with van der Waals surface area (Å²) in [7, 11) is 3.88. The van der Waals surface area contributed by atoms with Gasteiger partial charge in [0.05, 0.1) is 48.4 Å². The number of carbonyl (C=O) groups excluding carboxylic acids is 2. The maximum atomic E-state index is 13.5. The molecule has 4 N–H and O–H groups in total. The van der Waals surface area contributed by atoms with E-state index >= 15 is 0 Å². The van der Waals surface area contributed by atoms with E-state index in [1.54, 1.807) is 24.3 Å². The molecule has 4 aromatic rings. The SMILES string of the molecule is CCn1c(-c2cc(N3CCN(C)CC3)cnc2[C@H](C)OC)c2c3cc(ccc31)-c1cc(O)cc(c1)C[C@H](N)C(=O)N1CCC[C@@H](CC(=O)OCC(C)(C)C2)N1. The van der Waals surface area contributed by atoms with E-state index in [1.807, 2.05) is 19.2 Å². The molecule has 0 unspecified atom stereocenters. The number of methoxy groups -OCH3 is 1. The summed E-state index contributed by atoms with van der Waals surface area (Å²) in [4.78, 5) is 36.8. The lowest BCUT2D eigenvalue weighted by Crippen LogP contribution is -2.57. The monoisotopic (exact) mass is 751 g/mol. The molecule has 0 spiro atoms. The van der Waals surface area contributed by atoms with E-state index in [1.165, 1.54) is 0 Å². The molecule has 2 aromatic carbocycles. The van der Waals surface area contributed by atoms with Crippen LogP contribution in [0.5, 0.6) is 5.75 Å². The zero-order valence-corrected chi connectivity index (χ0v) is 33.2. The standard InChI is InChI=1S/C43H57N7O5/c1-7-49-38-11-10-29-21-34(38)36(41(49)35-23-32(25-45-40(35)27(2)54-6)48-15-13-47(5)14-16-48)24-43(3,4)26-55-39(52)22-31-9-8-12-50(46-31)42(53)37(44)19-28-17-30(29)20-33(51)18-28/h10-11,17-18,20-21,23,25,27,31,37,46,51H,7-9,12-16,19,22,24,26,44H2,1-6H3/t27-,31-,37-/m0/s1. The number of nitrogens with two attached hydrogens (primary N) is 1. The van der Waals surface area contributed by atoms with Gasteiger partial charge in [0.25, 0.3) is 5.91 Å². The molecule has 3 atom stereocenters. The number of nitrogens with one attached hydrogen (secondary N) is 1. The molecule has 12 nitrogen and oxygen atoms in total. The Balaban J connectivity index is 1.42. The van der Waals surface area contributed by atoms with Crippen LogP contribution in [-0.4, -0.2) is 102 Å². The second kappa shape index (κ2) is 15.9. The Morgan fingerprint density at radius 2 is 1.84 bits per heavy atom. The quantitative estimate of drug-likeness (QED) is 0.226. The van der Waals surface area contributed by atoms with Crippen LogP contribution in [0.3, 0.4) is 0 Å². The number of aryl methyl sites for hydroxylation is 1. The Hall–Kier alpha value is -4.49. The van der Waals surface area contributed by atoms with Gasteiger partial charge >= 0.3 is 5.97 Å². The van der Waals surface area contributed by atoms with Crippen molar-refractivity contribution < 1.29 is 24.2 Å². The summed E-state index contributed by atoms with van der Waals surface area (Å²) in [6.45, 7) is 13.7. The lowest BCUT2D eigenvalue weighted by Gasteiger charge is -2.35. The van der Waals surface area contributed by atoms with Gasteiger partial charge < -0.3 is 34.7 Å². The predicted octanol–water partition coefficient (Wildman–Crippen LogP) is 5.44. The van der Waals surface area contributed by atoms with E-state index in [-0.39, 0.29) is 49.2 Å². The number of cyclic esters (lactones) is 1. The summed E-state index contributed by atoms with van der Waals surface area (Å²) in [5.41, 5.74) is 18.1. The largest absolute Gasteiger partial charge is 0.508 e. The van der Waals surface area contributed by atoms with E-state index in [2.05, 4.69) is 71.9 Å². The van der Waals surface area contributed by atoms with Crippen LogP contribution < -0.4 is 16.1 Å². The van der Waals surface area contributed by atoms with Crippen molar-refractivity contribution in [2.24, 2.45) is 11.1 Å². The van der Waals surface area contributed by atoms with Gasteiger partial charge in [0.1, 0.15) is 5.75 Å². The molecule has 3 aliphatic rings. The topological polar surface area (TPSA) is 138 Å². The average Bonchev–Trinajstić information content (AvgIpc) is 3.47. The Morgan fingerprint density at radius 3 is 2.58 bits per heavy atom. The molecular weight excluding hydrogens is 695 g/mol. The van der Waals surface area contributed by atoms with Gasteiger partial charge in [-0.2, -0.15) is 0 Å². The van der Waals surface area contributed by atoms with Crippen LogP contribution in [0.15, 0.2) is 48.7 Å². The van der Waals surface area contributed by atoms with Crippen molar-refractivity contribution in [2.45, 2.75) is 84.5 Å². The number of carbonyl (C=O) groups is 2. The Bertz CT molecular complexity index is 2050. The molecule has 294 valence electrons. The molecule has 2 aromatic heterocycles. The van der Waals surface area contributed by atoms with Gasteiger partial charge in [-0.3, -0.25) is 19.6 Å². The second-order valence-electron chi connectivity index (χ2n) is 16.5. The molecule has 2 saturated heterocycles. The molecule has 3 aliphatic heterocycles. The number of hydrogen-bond acceptors (Lipinski definition) is 10. The smallest absolute Gasteiger partial charge is 0.307 e. The number of nitrogens with zero attached hydrogens (tertiary/aromatic N) is 5. The number of pyridine rings is 1. The fourth-order valence-electron chi connectivity index (χ4n) is 8.48. The van der Waals surface area contributed by atoms with Crippen LogP contribution in [0, 0.1) is 5.41 Å². The first-order chi connectivity index (χ1) is 26.3. The predicted molar refractivity (Wildman–Crippen MR) is 216 cm³/mol. The molecule has 0 saturated carbocycles. The maximum Gasteiger partial charge on any atom is 0.307 e. The minimum atomic E-state index is -0.829. The normalized spacial score (nSPS) is 21.9. The minimum Gasteiger partial charge on any atom is -0.508 e. The summed E-state index contributed by atoms with van der Waals surface area (Å²) >= 11 is 0. The van der Waals surface area contributed by atoms with E-state index in [0.29, 0.717) is 19.5 Å². The average molecular weight is 752 g/mol. The van der Waals surface area contributed by atoms with Gasteiger partial charge in [0.15, 0.2) is 0 Å². The van der Waals surface area contributed by atoms with Crippen molar-refractivity contribution in [3.05, 3.63) is 65.5 Å². The number of benzene rings is 2. The highest BCUT2D eigenvalue weighted by Crippen LogP contribution is 2.43. The zero-order valence-electron chi connectivity index (χ0n) is 33.2. The molecule has 7 rings (SSSR count). The number of likely N-dealkylation sites (N-methyl/N-ethyl adjacent to an activating group) is 1. The number of phenols is 1.